The van der Waals surface area contributed by atoms with Crippen molar-refractivity contribution in [2.45, 2.75) is 31.8 Å². The summed E-state index contributed by atoms with van der Waals surface area (Å²) in [6.45, 7) is 3.43. The number of likely N-dealkylation sites (tertiary alicyclic amines) is 1. The predicted molar refractivity (Wildman–Crippen MR) is 82.8 cm³/mol. The number of nitrogens with one attached hydrogen (secondary N) is 1. The van der Waals surface area contributed by atoms with Crippen LogP contribution in [0, 0.1) is 0 Å². The topological polar surface area (TPSA) is 54.2 Å². The molecule has 19 heavy (non-hydrogen) atoms. The van der Waals surface area contributed by atoms with Crippen LogP contribution in [0.3, 0.4) is 0 Å². The number of nitrogen functional groups attached to an aromatic ring is 1. The number of hydrogen-bond acceptors (Lipinski definition) is 5. The molecule has 0 spiro atoms. The Labute approximate surface area is 117 Å². The highest BCUT2D eigenvalue weighted by atomic mass is 32.1. The van der Waals surface area contributed by atoms with Gasteiger partial charge in [0.2, 0.25) is 0 Å². The van der Waals surface area contributed by atoms with Gasteiger partial charge in [-0.1, -0.05) is 11.3 Å². The Balaban J connectivity index is 1.74. The first-order valence-electron chi connectivity index (χ1n) is 6.74. The number of thiazole rings is 1. The zero-order valence-electron chi connectivity index (χ0n) is 11.4. The fraction of sp³-hybridized carbons (Fsp3) is 0.500. The Morgan fingerprint density at radius 3 is 3.11 bits per heavy atom. The van der Waals surface area contributed by atoms with E-state index in [1.165, 1.54) is 12.8 Å². The third-order valence-electron chi connectivity index (χ3n) is 3.95. The van der Waals surface area contributed by atoms with Crippen molar-refractivity contribution >= 4 is 32.4 Å². The predicted octanol–water partition coefficient (Wildman–Crippen LogP) is 2.77. The summed E-state index contributed by atoms with van der Waals surface area (Å²) in [5.74, 6) is 0. The van der Waals surface area contributed by atoms with Crippen LogP contribution in [0.15, 0.2) is 18.2 Å². The minimum atomic E-state index is 0.532. The molecular formula is C14H20N4S. The summed E-state index contributed by atoms with van der Waals surface area (Å²) >= 11 is 1.69. The van der Waals surface area contributed by atoms with Crippen LogP contribution in [0.5, 0.6) is 0 Å². The maximum absolute atomic E-state index is 5.80. The molecule has 1 aliphatic heterocycles. The first-order chi connectivity index (χ1) is 9.11. The van der Waals surface area contributed by atoms with Crippen LogP contribution >= 0.6 is 11.3 Å². The van der Waals surface area contributed by atoms with Gasteiger partial charge in [-0.3, -0.25) is 0 Å². The molecule has 3 rings (SSSR count). The molecule has 3 N–H and O–H groups in total. The molecule has 1 aromatic heterocycles. The molecule has 5 heteroatoms. The van der Waals surface area contributed by atoms with Crippen LogP contribution in [0.1, 0.15) is 19.8 Å². The number of anilines is 2. The zero-order valence-corrected chi connectivity index (χ0v) is 12.2. The van der Waals surface area contributed by atoms with E-state index in [9.17, 15) is 0 Å². The Kier molecular flexibility index (Phi) is 3.33. The van der Waals surface area contributed by atoms with Crippen molar-refractivity contribution < 1.29 is 0 Å². The second-order valence-electron chi connectivity index (χ2n) is 5.44. The smallest absolute Gasteiger partial charge is 0.184 e. The van der Waals surface area contributed by atoms with Crippen LogP contribution in [-0.4, -0.2) is 35.6 Å². The van der Waals surface area contributed by atoms with E-state index in [0.29, 0.717) is 12.1 Å². The third-order valence-corrected chi connectivity index (χ3v) is 4.90. The molecule has 2 atom stereocenters. The number of hydrogen-bond donors (Lipinski definition) is 2. The fourth-order valence-corrected chi connectivity index (χ4v) is 3.59. The summed E-state index contributed by atoms with van der Waals surface area (Å²) in [6.07, 6.45) is 2.35. The quantitative estimate of drug-likeness (QED) is 0.828. The van der Waals surface area contributed by atoms with Gasteiger partial charge in [-0.25, -0.2) is 4.98 Å². The Morgan fingerprint density at radius 1 is 1.47 bits per heavy atom. The molecule has 1 aromatic carbocycles. The van der Waals surface area contributed by atoms with E-state index in [-0.39, 0.29) is 0 Å². The maximum atomic E-state index is 5.80. The highest BCUT2D eigenvalue weighted by Crippen LogP contribution is 2.29. The molecule has 0 aliphatic carbocycles. The van der Waals surface area contributed by atoms with Crippen molar-refractivity contribution in [3.05, 3.63) is 18.2 Å². The first-order valence-corrected chi connectivity index (χ1v) is 7.56. The Hall–Kier alpha value is -1.33. The molecule has 0 radical (unpaired) electrons. The minimum Gasteiger partial charge on any atom is -0.399 e. The number of fused-ring (bicyclic) bond motifs is 1. The molecule has 1 fully saturated rings. The van der Waals surface area contributed by atoms with Crippen molar-refractivity contribution in [2.24, 2.45) is 0 Å². The number of rotatable bonds is 2. The average Bonchev–Trinajstić information content (AvgIpc) is 2.75. The lowest BCUT2D eigenvalue weighted by Gasteiger charge is -2.35. The zero-order chi connectivity index (χ0) is 13.4. The molecule has 4 nitrogen and oxygen atoms in total. The van der Waals surface area contributed by atoms with E-state index < -0.39 is 0 Å². The largest absolute Gasteiger partial charge is 0.399 e. The lowest BCUT2D eigenvalue weighted by atomic mass is 9.99. The van der Waals surface area contributed by atoms with E-state index in [0.717, 1.165) is 27.6 Å². The van der Waals surface area contributed by atoms with Gasteiger partial charge in [-0.05, 0) is 45.0 Å². The normalized spacial score (nSPS) is 24.7. The van der Waals surface area contributed by atoms with Crippen LogP contribution < -0.4 is 11.1 Å². The van der Waals surface area contributed by atoms with Gasteiger partial charge in [-0.15, -0.1) is 0 Å². The lowest BCUT2D eigenvalue weighted by molar-refractivity contribution is 0.190. The first kappa shape index (κ1) is 12.7. The highest BCUT2D eigenvalue weighted by molar-refractivity contribution is 7.22. The summed E-state index contributed by atoms with van der Waals surface area (Å²) in [5.41, 5.74) is 7.64. The summed E-state index contributed by atoms with van der Waals surface area (Å²) in [7, 11) is 2.20. The molecule has 0 bridgehead atoms. The SMILES string of the molecule is CC1CC(Nc2nc3ccc(N)cc3s2)CCN1C. The molecule has 2 heterocycles. The summed E-state index contributed by atoms with van der Waals surface area (Å²) in [4.78, 5) is 7.04. The monoisotopic (exact) mass is 276 g/mol. The second kappa shape index (κ2) is 4.98. The number of benzene rings is 1. The van der Waals surface area contributed by atoms with E-state index in [2.05, 4.69) is 29.2 Å². The van der Waals surface area contributed by atoms with E-state index in [1.807, 2.05) is 18.2 Å². The average molecular weight is 276 g/mol. The molecule has 2 unspecified atom stereocenters. The van der Waals surface area contributed by atoms with Crippen LogP contribution in [0.25, 0.3) is 10.2 Å². The molecular weight excluding hydrogens is 256 g/mol. The van der Waals surface area contributed by atoms with Crippen LogP contribution in [0.4, 0.5) is 10.8 Å². The summed E-state index contributed by atoms with van der Waals surface area (Å²) in [6, 6.07) is 7.06. The number of nitrogens with two attached hydrogens (primary N) is 1. The van der Waals surface area contributed by atoms with Crippen molar-refractivity contribution in [3.63, 3.8) is 0 Å². The van der Waals surface area contributed by atoms with E-state index >= 15 is 0 Å². The molecule has 0 amide bonds. The number of aromatic nitrogens is 1. The summed E-state index contributed by atoms with van der Waals surface area (Å²) < 4.78 is 1.16. The van der Waals surface area contributed by atoms with E-state index in [1.54, 1.807) is 11.3 Å². The van der Waals surface area contributed by atoms with Gasteiger partial charge in [0.25, 0.3) is 0 Å². The second-order valence-corrected chi connectivity index (χ2v) is 6.47. The molecule has 2 aromatic rings. The van der Waals surface area contributed by atoms with Gasteiger partial charge < -0.3 is 16.0 Å². The molecule has 0 saturated carbocycles. The Morgan fingerprint density at radius 2 is 2.32 bits per heavy atom. The third kappa shape index (κ3) is 2.67. The van der Waals surface area contributed by atoms with Crippen molar-refractivity contribution in [3.8, 4) is 0 Å². The van der Waals surface area contributed by atoms with Gasteiger partial charge in [0.1, 0.15) is 0 Å². The molecule has 1 aliphatic rings. The molecule has 1 saturated heterocycles. The van der Waals surface area contributed by atoms with Gasteiger partial charge >= 0.3 is 0 Å². The number of piperidine rings is 1. The van der Waals surface area contributed by atoms with Gasteiger partial charge in [0.05, 0.1) is 10.2 Å². The lowest BCUT2D eigenvalue weighted by Crippen LogP contribution is -2.42. The van der Waals surface area contributed by atoms with E-state index in [4.69, 9.17) is 5.73 Å². The minimum absolute atomic E-state index is 0.532. The van der Waals surface area contributed by atoms with Gasteiger partial charge in [-0.2, -0.15) is 0 Å². The van der Waals surface area contributed by atoms with Crippen molar-refractivity contribution in [2.75, 3.05) is 24.6 Å². The highest BCUT2D eigenvalue weighted by Gasteiger charge is 2.23. The number of nitrogens with zero attached hydrogens (tertiary/aromatic N) is 2. The maximum Gasteiger partial charge on any atom is 0.184 e. The van der Waals surface area contributed by atoms with Crippen molar-refractivity contribution in [1.82, 2.24) is 9.88 Å². The molecule has 102 valence electrons. The standard InChI is InChI=1S/C14H20N4S/c1-9-7-11(5-6-18(9)2)16-14-17-12-4-3-10(15)8-13(12)19-14/h3-4,8-9,11H,5-7,15H2,1-2H3,(H,16,17). The van der Waals surface area contributed by atoms with Gasteiger partial charge in [0, 0.05) is 24.3 Å². The van der Waals surface area contributed by atoms with Gasteiger partial charge in [0.15, 0.2) is 5.13 Å². The summed E-state index contributed by atoms with van der Waals surface area (Å²) in [5, 5.41) is 4.60. The van der Waals surface area contributed by atoms with Crippen LogP contribution in [-0.2, 0) is 0 Å². The van der Waals surface area contributed by atoms with Crippen LogP contribution in [0.2, 0.25) is 0 Å². The fourth-order valence-electron chi connectivity index (χ4n) is 2.60. The van der Waals surface area contributed by atoms with Crippen molar-refractivity contribution in [1.29, 1.82) is 0 Å². The Bertz CT molecular complexity index is 580.